The number of nitrogens with zero attached hydrogens (tertiary/aromatic N) is 1. The van der Waals surface area contributed by atoms with Crippen LogP contribution in [-0.4, -0.2) is 51.9 Å². The molecule has 1 aliphatic carbocycles. The third-order valence-electron chi connectivity index (χ3n) is 5.40. The van der Waals surface area contributed by atoms with Gasteiger partial charge in [0.1, 0.15) is 12.6 Å². The first-order chi connectivity index (χ1) is 15.2. The number of nitrogens with one attached hydrogen (secondary N) is 1. The summed E-state index contributed by atoms with van der Waals surface area (Å²) in [5.41, 5.74) is 4.26. The van der Waals surface area contributed by atoms with Crippen molar-refractivity contribution in [2.24, 2.45) is 4.36 Å². The molecule has 0 bridgehead atoms. The standard InChI is InChI=1S/C23H26N2O6S/c1-3-32(2,30)25-22(28)20(12-13-21(26)27)24-23(29)31-14-19-17-10-6-4-8-15(17)16-9-5-7-11-18(16)19/h4-11,19-20H,3,12-14H2,1-2H3,(H,24,29)(H,26,27). The zero-order valence-electron chi connectivity index (χ0n) is 17.9. The van der Waals surface area contributed by atoms with Crippen molar-refractivity contribution in [3.8, 4) is 11.1 Å². The van der Waals surface area contributed by atoms with Gasteiger partial charge in [-0.15, -0.1) is 0 Å². The van der Waals surface area contributed by atoms with Crippen molar-refractivity contribution in [2.75, 3.05) is 18.6 Å². The van der Waals surface area contributed by atoms with E-state index in [4.69, 9.17) is 9.84 Å². The Bertz CT molecular complexity index is 1110. The summed E-state index contributed by atoms with van der Waals surface area (Å²) < 4.78 is 21.3. The van der Waals surface area contributed by atoms with Crippen molar-refractivity contribution in [3.05, 3.63) is 59.7 Å². The van der Waals surface area contributed by atoms with Gasteiger partial charge >= 0.3 is 12.1 Å². The van der Waals surface area contributed by atoms with Gasteiger partial charge in [0.2, 0.25) is 0 Å². The van der Waals surface area contributed by atoms with Crippen LogP contribution in [0.25, 0.3) is 11.1 Å². The number of alkyl carbamates (subject to hydrolysis) is 1. The highest BCUT2D eigenvalue weighted by atomic mass is 32.2. The fourth-order valence-corrected chi connectivity index (χ4v) is 4.26. The molecule has 0 saturated heterocycles. The molecule has 0 spiro atoms. The summed E-state index contributed by atoms with van der Waals surface area (Å²) in [5.74, 6) is -1.94. The average Bonchev–Trinajstić information content (AvgIpc) is 3.08. The van der Waals surface area contributed by atoms with Crippen LogP contribution in [0.2, 0.25) is 0 Å². The maximum Gasteiger partial charge on any atom is 0.407 e. The Kier molecular flexibility index (Phi) is 7.29. The molecule has 0 fully saturated rings. The summed E-state index contributed by atoms with van der Waals surface area (Å²) in [6.07, 6.45) is -0.0508. The van der Waals surface area contributed by atoms with Gasteiger partial charge in [-0.05, 0) is 28.7 Å². The minimum Gasteiger partial charge on any atom is -0.481 e. The normalized spacial score (nSPS) is 15.1. The predicted molar refractivity (Wildman–Crippen MR) is 121 cm³/mol. The largest absolute Gasteiger partial charge is 0.481 e. The summed E-state index contributed by atoms with van der Waals surface area (Å²) in [7, 11) is -2.74. The Morgan fingerprint density at radius 1 is 1.09 bits per heavy atom. The lowest BCUT2D eigenvalue weighted by Crippen LogP contribution is -2.41. The minimum absolute atomic E-state index is 0.0519. The number of aliphatic carboxylic acids is 1. The molecule has 2 atom stereocenters. The van der Waals surface area contributed by atoms with E-state index in [1.54, 1.807) is 6.92 Å². The first-order valence-electron chi connectivity index (χ1n) is 10.3. The van der Waals surface area contributed by atoms with Gasteiger partial charge in [-0.2, -0.15) is 4.36 Å². The van der Waals surface area contributed by atoms with Gasteiger partial charge in [0.15, 0.2) is 0 Å². The molecule has 32 heavy (non-hydrogen) atoms. The van der Waals surface area contributed by atoms with E-state index in [-0.39, 0.29) is 31.1 Å². The molecule has 2 aromatic rings. The minimum atomic E-state index is -2.74. The molecule has 2 aromatic carbocycles. The Hall–Kier alpha value is -3.20. The highest BCUT2D eigenvalue weighted by Gasteiger charge is 2.30. The van der Waals surface area contributed by atoms with Crippen LogP contribution in [0.15, 0.2) is 52.9 Å². The van der Waals surface area contributed by atoms with Crippen molar-refractivity contribution >= 4 is 27.7 Å². The molecule has 0 radical (unpaired) electrons. The van der Waals surface area contributed by atoms with Crippen LogP contribution in [0.1, 0.15) is 36.8 Å². The van der Waals surface area contributed by atoms with Gasteiger partial charge in [-0.25, -0.2) is 9.00 Å². The highest BCUT2D eigenvalue weighted by molar-refractivity contribution is 7.93. The van der Waals surface area contributed by atoms with Gasteiger partial charge in [0.05, 0.1) is 9.73 Å². The summed E-state index contributed by atoms with van der Waals surface area (Å²) >= 11 is 0. The molecule has 170 valence electrons. The molecule has 0 aliphatic heterocycles. The quantitative estimate of drug-likeness (QED) is 0.625. The van der Waals surface area contributed by atoms with Gasteiger partial charge in [-0.1, -0.05) is 55.5 Å². The number of carboxylic acids is 1. The summed E-state index contributed by atoms with van der Waals surface area (Å²) in [6, 6.07) is 14.5. The second-order valence-electron chi connectivity index (χ2n) is 7.63. The van der Waals surface area contributed by atoms with E-state index in [0.29, 0.717) is 0 Å². The number of carbonyl (C=O) groups excluding carboxylic acids is 2. The van der Waals surface area contributed by atoms with E-state index in [9.17, 15) is 18.6 Å². The van der Waals surface area contributed by atoms with Crippen molar-refractivity contribution < 1.29 is 28.4 Å². The van der Waals surface area contributed by atoms with Crippen molar-refractivity contribution in [1.82, 2.24) is 5.32 Å². The lowest BCUT2D eigenvalue weighted by atomic mass is 9.98. The number of fused-ring (bicyclic) bond motifs is 3. The molecular weight excluding hydrogens is 432 g/mol. The second kappa shape index (κ2) is 9.95. The number of rotatable bonds is 8. The topological polar surface area (TPSA) is 122 Å². The highest BCUT2D eigenvalue weighted by Crippen LogP contribution is 2.44. The zero-order valence-corrected chi connectivity index (χ0v) is 18.8. The lowest BCUT2D eigenvalue weighted by molar-refractivity contribution is -0.137. The molecule has 8 nitrogen and oxygen atoms in total. The molecular formula is C23H26N2O6S. The van der Waals surface area contributed by atoms with Crippen molar-refractivity contribution in [2.45, 2.75) is 31.7 Å². The SMILES string of the molecule is CCS(C)(=O)=NC(=O)C(CCC(=O)O)NC(=O)OCC1c2ccccc2-c2ccccc21. The number of amides is 2. The van der Waals surface area contributed by atoms with Gasteiger partial charge in [0.25, 0.3) is 5.91 Å². The molecule has 2 N–H and O–H groups in total. The lowest BCUT2D eigenvalue weighted by Gasteiger charge is -2.18. The summed E-state index contributed by atoms with van der Waals surface area (Å²) in [4.78, 5) is 35.9. The van der Waals surface area contributed by atoms with Crippen LogP contribution >= 0.6 is 0 Å². The molecule has 0 aromatic heterocycles. The van der Waals surface area contributed by atoms with Crippen LogP contribution in [0.3, 0.4) is 0 Å². The number of carbonyl (C=O) groups is 3. The number of hydrogen-bond acceptors (Lipinski definition) is 5. The van der Waals surface area contributed by atoms with E-state index in [1.807, 2.05) is 48.5 Å². The number of benzene rings is 2. The number of ether oxygens (including phenoxy) is 1. The van der Waals surface area contributed by atoms with Gasteiger partial charge < -0.3 is 15.2 Å². The molecule has 2 unspecified atom stereocenters. The predicted octanol–water partition coefficient (Wildman–Crippen LogP) is 3.40. The average molecular weight is 459 g/mol. The van der Waals surface area contributed by atoms with Crippen LogP contribution in [-0.2, 0) is 24.1 Å². The fraction of sp³-hybridized carbons (Fsp3) is 0.348. The number of carboxylic acid groups (broad SMARTS) is 1. The molecule has 0 heterocycles. The van der Waals surface area contributed by atoms with Gasteiger partial charge in [0, 0.05) is 24.3 Å². The van der Waals surface area contributed by atoms with Crippen LogP contribution in [0, 0.1) is 0 Å². The van der Waals surface area contributed by atoms with E-state index in [2.05, 4.69) is 9.68 Å². The summed E-state index contributed by atoms with van der Waals surface area (Å²) in [6.45, 7) is 1.68. The molecule has 1 aliphatic rings. The molecule has 9 heteroatoms. The van der Waals surface area contributed by atoms with Crippen molar-refractivity contribution in [1.29, 1.82) is 0 Å². The first-order valence-corrected chi connectivity index (χ1v) is 12.4. The monoisotopic (exact) mass is 458 g/mol. The van der Waals surface area contributed by atoms with Gasteiger partial charge in [-0.3, -0.25) is 9.59 Å². The van der Waals surface area contributed by atoms with E-state index in [1.165, 1.54) is 6.26 Å². The van der Waals surface area contributed by atoms with E-state index in [0.717, 1.165) is 22.3 Å². The fourth-order valence-electron chi connectivity index (χ4n) is 3.63. The van der Waals surface area contributed by atoms with Crippen LogP contribution in [0.4, 0.5) is 4.79 Å². The summed E-state index contributed by atoms with van der Waals surface area (Å²) in [5, 5.41) is 11.3. The molecule has 2 amide bonds. The third-order valence-corrected chi connectivity index (χ3v) is 7.04. The van der Waals surface area contributed by atoms with E-state index >= 15 is 0 Å². The smallest absolute Gasteiger partial charge is 0.407 e. The third kappa shape index (κ3) is 5.53. The molecule has 0 saturated carbocycles. The maximum atomic E-state index is 12.5. The zero-order chi connectivity index (χ0) is 23.3. The Labute approximate surface area is 187 Å². The Balaban J connectivity index is 1.71. The Morgan fingerprint density at radius 2 is 1.66 bits per heavy atom. The van der Waals surface area contributed by atoms with Crippen molar-refractivity contribution in [3.63, 3.8) is 0 Å². The van der Waals surface area contributed by atoms with Crippen LogP contribution < -0.4 is 5.32 Å². The van der Waals surface area contributed by atoms with Crippen LogP contribution in [0.5, 0.6) is 0 Å². The number of hydrogen-bond donors (Lipinski definition) is 2. The maximum absolute atomic E-state index is 12.5. The Morgan fingerprint density at radius 3 is 2.19 bits per heavy atom. The second-order valence-corrected chi connectivity index (χ2v) is 10.3. The first kappa shape index (κ1) is 23.5. The van der Waals surface area contributed by atoms with E-state index < -0.39 is 33.7 Å². The molecule has 3 rings (SSSR count).